The first-order valence-corrected chi connectivity index (χ1v) is 5.39. The Morgan fingerprint density at radius 3 is 2.93 bits per heavy atom. The van der Waals surface area contributed by atoms with E-state index in [-0.39, 0.29) is 5.92 Å². The van der Waals surface area contributed by atoms with Crippen molar-refractivity contribution in [2.75, 3.05) is 26.2 Å². The highest BCUT2D eigenvalue weighted by molar-refractivity contribution is 5.70. The summed E-state index contributed by atoms with van der Waals surface area (Å²) in [5.41, 5.74) is 5.41. The first-order valence-electron chi connectivity index (χ1n) is 5.39. The van der Waals surface area contributed by atoms with E-state index in [0.717, 1.165) is 51.9 Å². The summed E-state index contributed by atoms with van der Waals surface area (Å²) in [6.45, 7) is 3.51. The second-order valence-corrected chi connectivity index (χ2v) is 3.97. The Balaban J connectivity index is 2.22. The Bertz CT molecular complexity index is 185. The number of rotatable bonds is 5. The van der Waals surface area contributed by atoms with Crippen LogP contribution in [0.3, 0.4) is 0 Å². The monoisotopic (exact) mass is 200 g/mol. The molecule has 3 N–H and O–H groups in total. The molecule has 1 aliphatic heterocycles. The molecular formula is C10H20N2O2. The Morgan fingerprint density at radius 1 is 1.50 bits per heavy atom. The quantitative estimate of drug-likeness (QED) is 0.635. The molecule has 0 spiro atoms. The molecule has 1 saturated heterocycles. The summed E-state index contributed by atoms with van der Waals surface area (Å²) < 4.78 is 0. The van der Waals surface area contributed by atoms with E-state index in [1.165, 1.54) is 0 Å². The molecule has 1 unspecified atom stereocenters. The summed E-state index contributed by atoms with van der Waals surface area (Å²) in [5.74, 6) is -0.796. The van der Waals surface area contributed by atoms with E-state index < -0.39 is 5.97 Å². The van der Waals surface area contributed by atoms with Gasteiger partial charge in [0.2, 0.25) is 0 Å². The third-order valence-electron chi connectivity index (χ3n) is 2.78. The minimum Gasteiger partial charge on any atom is -0.481 e. The van der Waals surface area contributed by atoms with Crippen LogP contribution in [-0.2, 0) is 4.79 Å². The summed E-state index contributed by atoms with van der Waals surface area (Å²) in [6, 6.07) is 0. The van der Waals surface area contributed by atoms with E-state index in [4.69, 9.17) is 10.8 Å². The maximum atomic E-state index is 10.8. The van der Waals surface area contributed by atoms with E-state index >= 15 is 0 Å². The molecule has 0 radical (unpaired) electrons. The van der Waals surface area contributed by atoms with Gasteiger partial charge < -0.3 is 15.7 Å². The lowest BCUT2D eigenvalue weighted by molar-refractivity contribution is -0.143. The fourth-order valence-electron chi connectivity index (χ4n) is 1.94. The Hall–Kier alpha value is -0.610. The van der Waals surface area contributed by atoms with Crippen molar-refractivity contribution in [2.45, 2.75) is 25.7 Å². The Labute approximate surface area is 85.1 Å². The Kier molecular flexibility index (Phi) is 4.90. The molecule has 1 rings (SSSR count). The topological polar surface area (TPSA) is 66.6 Å². The molecule has 0 amide bonds. The van der Waals surface area contributed by atoms with E-state index in [0.29, 0.717) is 0 Å². The zero-order valence-electron chi connectivity index (χ0n) is 8.61. The molecule has 0 bridgehead atoms. The van der Waals surface area contributed by atoms with Gasteiger partial charge in [0.05, 0.1) is 5.92 Å². The number of hydrogen-bond acceptors (Lipinski definition) is 3. The van der Waals surface area contributed by atoms with Crippen LogP contribution in [0.4, 0.5) is 0 Å². The number of piperidine rings is 1. The van der Waals surface area contributed by atoms with Crippen molar-refractivity contribution in [3.05, 3.63) is 0 Å². The van der Waals surface area contributed by atoms with E-state index in [1.54, 1.807) is 0 Å². The highest BCUT2D eigenvalue weighted by Crippen LogP contribution is 2.16. The number of aliphatic carboxylic acids is 1. The zero-order valence-corrected chi connectivity index (χ0v) is 8.61. The summed E-state index contributed by atoms with van der Waals surface area (Å²) in [4.78, 5) is 13.0. The zero-order chi connectivity index (χ0) is 10.4. The lowest BCUT2D eigenvalue weighted by atomic mass is 9.98. The van der Waals surface area contributed by atoms with Crippen molar-refractivity contribution in [3.8, 4) is 0 Å². The van der Waals surface area contributed by atoms with Crippen LogP contribution in [0.2, 0.25) is 0 Å². The first-order chi connectivity index (χ1) is 6.74. The van der Waals surface area contributed by atoms with Gasteiger partial charge in [-0.3, -0.25) is 4.79 Å². The predicted molar refractivity (Wildman–Crippen MR) is 55.1 cm³/mol. The van der Waals surface area contributed by atoms with Crippen molar-refractivity contribution in [3.63, 3.8) is 0 Å². The van der Waals surface area contributed by atoms with Gasteiger partial charge in [-0.25, -0.2) is 0 Å². The second kappa shape index (κ2) is 5.98. The van der Waals surface area contributed by atoms with Crippen LogP contribution in [-0.4, -0.2) is 42.2 Å². The van der Waals surface area contributed by atoms with Crippen molar-refractivity contribution in [1.82, 2.24) is 4.90 Å². The van der Waals surface area contributed by atoms with Gasteiger partial charge >= 0.3 is 5.97 Å². The molecule has 0 aromatic carbocycles. The maximum Gasteiger partial charge on any atom is 0.307 e. The lowest BCUT2D eigenvalue weighted by Gasteiger charge is -2.30. The average Bonchev–Trinajstić information content (AvgIpc) is 2.19. The van der Waals surface area contributed by atoms with Gasteiger partial charge in [0.25, 0.3) is 0 Å². The molecular weight excluding hydrogens is 180 g/mol. The fraction of sp³-hybridized carbons (Fsp3) is 0.900. The molecule has 1 fully saturated rings. The van der Waals surface area contributed by atoms with Crippen molar-refractivity contribution in [2.24, 2.45) is 11.7 Å². The van der Waals surface area contributed by atoms with Crippen LogP contribution in [0, 0.1) is 5.92 Å². The standard InChI is InChI=1S/C10H20N2O2/c11-5-1-2-6-12-7-3-4-9(8-12)10(13)14/h9H,1-8,11H2,(H,13,14). The number of carbonyl (C=O) groups is 1. The molecule has 1 aliphatic rings. The highest BCUT2D eigenvalue weighted by Gasteiger charge is 2.24. The SMILES string of the molecule is NCCCCN1CCCC(C(=O)O)C1. The smallest absolute Gasteiger partial charge is 0.307 e. The van der Waals surface area contributed by atoms with Crippen molar-refractivity contribution < 1.29 is 9.90 Å². The number of carboxylic acid groups (broad SMARTS) is 1. The van der Waals surface area contributed by atoms with E-state index in [9.17, 15) is 4.79 Å². The van der Waals surface area contributed by atoms with Crippen LogP contribution in [0.1, 0.15) is 25.7 Å². The minimum absolute atomic E-state index is 0.151. The maximum absolute atomic E-state index is 10.8. The lowest BCUT2D eigenvalue weighted by Crippen LogP contribution is -2.39. The number of unbranched alkanes of at least 4 members (excludes halogenated alkanes) is 1. The molecule has 0 saturated carbocycles. The molecule has 4 nitrogen and oxygen atoms in total. The van der Waals surface area contributed by atoms with Gasteiger partial charge in [0.15, 0.2) is 0 Å². The van der Waals surface area contributed by atoms with E-state index in [2.05, 4.69) is 4.90 Å². The summed E-state index contributed by atoms with van der Waals surface area (Å²) in [5, 5.41) is 8.88. The second-order valence-electron chi connectivity index (χ2n) is 3.97. The normalized spacial score (nSPS) is 23.6. The molecule has 0 aliphatic carbocycles. The minimum atomic E-state index is -0.645. The third-order valence-corrected chi connectivity index (χ3v) is 2.78. The van der Waals surface area contributed by atoms with Crippen LogP contribution in [0.25, 0.3) is 0 Å². The predicted octanol–water partition coefficient (Wildman–Crippen LogP) is 0.522. The molecule has 0 aromatic heterocycles. The van der Waals surface area contributed by atoms with Crippen LogP contribution >= 0.6 is 0 Å². The molecule has 1 heterocycles. The van der Waals surface area contributed by atoms with Gasteiger partial charge in [-0.2, -0.15) is 0 Å². The third kappa shape index (κ3) is 3.64. The molecule has 4 heteroatoms. The number of likely N-dealkylation sites (tertiary alicyclic amines) is 1. The number of nitrogens with zero attached hydrogens (tertiary/aromatic N) is 1. The highest BCUT2D eigenvalue weighted by atomic mass is 16.4. The summed E-state index contributed by atoms with van der Waals surface area (Å²) >= 11 is 0. The van der Waals surface area contributed by atoms with Gasteiger partial charge in [-0.15, -0.1) is 0 Å². The van der Waals surface area contributed by atoms with Crippen molar-refractivity contribution >= 4 is 5.97 Å². The van der Waals surface area contributed by atoms with Crippen molar-refractivity contribution in [1.29, 1.82) is 0 Å². The average molecular weight is 200 g/mol. The fourth-order valence-corrected chi connectivity index (χ4v) is 1.94. The van der Waals surface area contributed by atoms with Gasteiger partial charge in [-0.1, -0.05) is 0 Å². The summed E-state index contributed by atoms with van der Waals surface area (Å²) in [6.07, 6.45) is 3.97. The number of nitrogens with two attached hydrogens (primary N) is 1. The van der Waals surface area contributed by atoms with Crippen LogP contribution < -0.4 is 5.73 Å². The number of carboxylic acids is 1. The Morgan fingerprint density at radius 2 is 2.29 bits per heavy atom. The van der Waals surface area contributed by atoms with Crippen LogP contribution in [0.15, 0.2) is 0 Å². The largest absolute Gasteiger partial charge is 0.481 e. The molecule has 1 atom stereocenters. The molecule has 82 valence electrons. The van der Waals surface area contributed by atoms with Gasteiger partial charge in [0, 0.05) is 6.54 Å². The van der Waals surface area contributed by atoms with Gasteiger partial charge in [0.1, 0.15) is 0 Å². The van der Waals surface area contributed by atoms with E-state index in [1.807, 2.05) is 0 Å². The first kappa shape index (κ1) is 11.5. The summed E-state index contributed by atoms with van der Waals surface area (Å²) in [7, 11) is 0. The number of hydrogen-bond donors (Lipinski definition) is 2. The molecule has 14 heavy (non-hydrogen) atoms. The van der Waals surface area contributed by atoms with Crippen LogP contribution in [0.5, 0.6) is 0 Å². The molecule has 0 aromatic rings. The van der Waals surface area contributed by atoms with Gasteiger partial charge in [-0.05, 0) is 45.3 Å².